The fraction of sp³-hybridized carbons (Fsp3) is 0.333. The fourth-order valence-corrected chi connectivity index (χ4v) is 3.84. The third-order valence-corrected chi connectivity index (χ3v) is 5.04. The van der Waals surface area contributed by atoms with Gasteiger partial charge in [-0.2, -0.15) is 0 Å². The molecular weight excluding hydrogens is 358 g/mol. The Bertz CT molecular complexity index is 841. The number of rotatable bonds is 6. The van der Waals surface area contributed by atoms with Crippen molar-refractivity contribution in [1.82, 2.24) is 10.2 Å². The van der Waals surface area contributed by atoms with Crippen molar-refractivity contribution in [3.8, 4) is 11.5 Å². The van der Waals surface area contributed by atoms with Gasteiger partial charge in [-0.1, -0.05) is 36.4 Å². The third kappa shape index (κ3) is 4.09. The van der Waals surface area contributed by atoms with Gasteiger partial charge >= 0.3 is 6.03 Å². The summed E-state index contributed by atoms with van der Waals surface area (Å²) >= 11 is 0. The Balaban J connectivity index is 2.00. The smallest absolute Gasteiger partial charge is 0.318 e. The molecular formula is C21H25N3O4. The largest absolute Gasteiger partial charge is 0.497 e. The Kier molecular flexibility index (Phi) is 6.16. The lowest BCUT2D eigenvalue weighted by Crippen LogP contribution is -2.44. The first-order chi connectivity index (χ1) is 13.5. The second kappa shape index (κ2) is 8.75. The van der Waals surface area contributed by atoms with Gasteiger partial charge in [-0.05, 0) is 31.0 Å². The Morgan fingerprint density at radius 2 is 1.89 bits per heavy atom. The zero-order valence-electron chi connectivity index (χ0n) is 16.1. The van der Waals surface area contributed by atoms with Crippen LogP contribution in [0, 0.1) is 0 Å². The highest BCUT2D eigenvalue weighted by molar-refractivity contribution is 5.96. The maximum absolute atomic E-state index is 12.9. The number of nitrogens with zero attached hydrogens (tertiary/aromatic N) is 1. The van der Waals surface area contributed by atoms with Crippen LogP contribution >= 0.6 is 0 Å². The van der Waals surface area contributed by atoms with Crippen LogP contribution in [0.15, 0.2) is 48.5 Å². The first-order valence-electron chi connectivity index (χ1n) is 9.18. The average molecular weight is 383 g/mol. The molecule has 0 radical (unpaired) electrons. The lowest BCUT2D eigenvalue weighted by molar-refractivity contribution is -0.126. The topological polar surface area (TPSA) is 93.9 Å². The normalized spacial score (nSPS) is 17.7. The minimum absolute atomic E-state index is 0.0373. The number of nitrogens with one attached hydrogen (secondary N) is 1. The maximum Gasteiger partial charge on any atom is 0.318 e. The van der Waals surface area contributed by atoms with Crippen molar-refractivity contribution < 1.29 is 19.1 Å². The first kappa shape index (κ1) is 19.7. The molecule has 0 aromatic heterocycles. The summed E-state index contributed by atoms with van der Waals surface area (Å²) in [6, 6.07) is 13.6. The molecule has 1 saturated heterocycles. The van der Waals surface area contributed by atoms with E-state index >= 15 is 0 Å². The molecule has 7 nitrogen and oxygen atoms in total. The van der Waals surface area contributed by atoms with Crippen LogP contribution in [0.4, 0.5) is 4.79 Å². The van der Waals surface area contributed by atoms with Gasteiger partial charge in [-0.15, -0.1) is 0 Å². The molecule has 0 spiro atoms. The molecule has 0 unspecified atom stereocenters. The predicted molar refractivity (Wildman–Crippen MR) is 105 cm³/mol. The van der Waals surface area contributed by atoms with Gasteiger partial charge in [0.1, 0.15) is 17.5 Å². The van der Waals surface area contributed by atoms with E-state index in [1.165, 1.54) is 0 Å². The molecule has 2 atom stereocenters. The molecule has 7 heteroatoms. The van der Waals surface area contributed by atoms with Gasteiger partial charge in [-0.3, -0.25) is 15.0 Å². The highest BCUT2D eigenvalue weighted by Gasteiger charge is 2.38. The van der Waals surface area contributed by atoms with E-state index in [1.54, 1.807) is 14.2 Å². The van der Waals surface area contributed by atoms with E-state index < -0.39 is 18.0 Å². The molecule has 1 heterocycles. The van der Waals surface area contributed by atoms with E-state index in [9.17, 15) is 9.59 Å². The number of imide groups is 1. The van der Waals surface area contributed by atoms with Gasteiger partial charge in [0.15, 0.2) is 0 Å². The SMILES string of the molecule is COc1ccc([C@H]2CCCN2[C@H](C(=O)NC(N)=O)c2ccccc2)c(OC)c1. The summed E-state index contributed by atoms with van der Waals surface area (Å²) in [6.07, 6.45) is 1.79. The molecule has 2 aromatic rings. The number of nitrogens with two attached hydrogens (primary N) is 1. The number of carbonyl (C=O) groups excluding carboxylic acids is 2. The molecule has 1 aliphatic heterocycles. The van der Waals surface area contributed by atoms with Crippen molar-refractivity contribution in [3.05, 3.63) is 59.7 Å². The fourth-order valence-electron chi connectivity index (χ4n) is 3.84. The van der Waals surface area contributed by atoms with Gasteiger partial charge in [0.2, 0.25) is 5.91 Å². The molecule has 0 aliphatic carbocycles. The summed E-state index contributed by atoms with van der Waals surface area (Å²) in [5, 5.41) is 2.24. The molecule has 3 N–H and O–H groups in total. The van der Waals surface area contributed by atoms with E-state index in [0.717, 1.165) is 24.0 Å². The van der Waals surface area contributed by atoms with Crippen LogP contribution in [0.25, 0.3) is 0 Å². The van der Waals surface area contributed by atoms with Crippen molar-refractivity contribution >= 4 is 11.9 Å². The van der Waals surface area contributed by atoms with Crippen LogP contribution in [0.5, 0.6) is 11.5 Å². The second-order valence-electron chi connectivity index (χ2n) is 6.67. The van der Waals surface area contributed by atoms with Gasteiger partial charge in [-0.25, -0.2) is 4.79 Å². The van der Waals surface area contributed by atoms with E-state index in [-0.39, 0.29) is 6.04 Å². The van der Waals surface area contributed by atoms with Gasteiger partial charge in [0.25, 0.3) is 0 Å². The summed E-state index contributed by atoms with van der Waals surface area (Å²) in [5.74, 6) is 0.979. The predicted octanol–water partition coefficient (Wildman–Crippen LogP) is 2.78. The first-order valence-corrected chi connectivity index (χ1v) is 9.18. The van der Waals surface area contributed by atoms with E-state index in [2.05, 4.69) is 10.2 Å². The van der Waals surface area contributed by atoms with Crippen LogP contribution in [0.2, 0.25) is 0 Å². The van der Waals surface area contributed by atoms with Crippen molar-refractivity contribution in [2.75, 3.05) is 20.8 Å². The highest BCUT2D eigenvalue weighted by atomic mass is 16.5. The van der Waals surface area contributed by atoms with Crippen molar-refractivity contribution in [2.45, 2.75) is 24.9 Å². The Labute approximate surface area is 164 Å². The van der Waals surface area contributed by atoms with Crippen molar-refractivity contribution in [3.63, 3.8) is 0 Å². The van der Waals surface area contributed by atoms with E-state index in [1.807, 2.05) is 48.5 Å². The average Bonchev–Trinajstić information content (AvgIpc) is 3.16. The lowest BCUT2D eigenvalue weighted by Gasteiger charge is -2.33. The molecule has 0 saturated carbocycles. The second-order valence-corrected chi connectivity index (χ2v) is 6.67. The van der Waals surface area contributed by atoms with Crippen LogP contribution in [0.3, 0.4) is 0 Å². The van der Waals surface area contributed by atoms with Crippen LogP contribution in [-0.2, 0) is 4.79 Å². The van der Waals surface area contributed by atoms with Crippen molar-refractivity contribution in [1.29, 1.82) is 0 Å². The summed E-state index contributed by atoms with van der Waals surface area (Å²) in [4.78, 5) is 26.3. The summed E-state index contributed by atoms with van der Waals surface area (Å²) in [5.41, 5.74) is 6.99. The van der Waals surface area contributed by atoms with Crippen LogP contribution in [-0.4, -0.2) is 37.6 Å². The quantitative estimate of drug-likeness (QED) is 0.800. The number of benzene rings is 2. The number of likely N-dealkylation sites (tertiary alicyclic amines) is 1. The molecule has 3 amide bonds. The molecule has 3 rings (SSSR count). The molecule has 1 fully saturated rings. The van der Waals surface area contributed by atoms with Gasteiger partial charge < -0.3 is 15.2 Å². The van der Waals surface area contributed by atoms with Gasteiger partial charge in [0.05, 0.1) is 14.2 Å². The van der Waals surface area contributed by atoms with Gasteiger partial charge in [0, 0.05) is 17.7 Å². The number of amides is 3. The number of ether oxygens (including phenoxy) is 2. The summed E-state index contributed by atoms with van der Waals surface area (Å²) in [6.45, 7) is 0.714. The lowest BCUT2D eigenvalue weighted by atomic mass is 9.98. The van der Waals surface area contributed by atoms with Crippen LogP contribution in [0.1, 0.15) is 36.1 Å². The number of methoxy groups -OCH3 is 2. The number of urea groups is 1. The molecule has 148 valence electrons. The number of hydrogen-bond acceptors (Lipinski definition) is 5. The zero-order chi connectivity index (χ0) is 20.1. The standard InChI is InChI=1S/C21H25N3O4/c1-27-15-10-11-16(18(13-15)28-2)17-9-6-12-24(17)19(20(25)23-21(22)26)14-7-4-3-5-8-14/h3-5,7-8,10-11,13,17,19H,6,9,12H2,1-2H3,(H3,22,23,25,26)/t17-,19+/m1/s1. The number of primary amides is 1. The van der Waals surface area contributed by atoms with Crippen LogP contribution < -0.4 is 20.5 Å². The third-order valence-electron chi connectivity index (χ3n) is 5.04. The number of carbonyl (C=O) groups is 2. The zero-order valence-corrected chi connectivity index (χ0v) is 16.1. The molecule has 1 aliphatic rings. The maximum atomic E-state index is 12.9. The Morgan fingerprint density at radius 1 is 1.14 bits per heavy atom. The minimum atomic E-state index is -0.858. The molecule has 0 bridgehead atoms. The highest BCUT2D eigenvalue weighted by Crippen LogP contribution is 2.42. The molecule has 28 heavy (non-hydrogen) atoms. The Hall–Kier alpha value is -3.06. The minimum Gasteiger partial charge on any atom is -0.497 e. The number of hydrogen-bond donors (Lipinski definition) is 2. The van der Waals surface area contributed by atoms with E-state index in [4.69, 9.17) is 15.2 Å². The Morgan fingerprint density at radius 3 is 2.54 bits per heavy atom. The summed E-state index contributed by atoms with van der Waals surface area (Å²) < 4.78 is 10.9. The summed E-state index contributed by atoms with van der Waals surface area (Å²) in [7, 11) is 3.22. The van der Waals surface area contributed by atoms with Crippen molar-refractivity contribution in [2.24, 2.45) is 5.73 Å². The van der Waals surface area contributed by atoms with E-state index in [0.29, 0.717) is 18.0 Å². The monoisotopic (exact) mass is 383 g/mol. The molecule has 2 aromatic carbocycles.